The topological polar surface area (TPSA) is 64.9 Å². The minimum atomic E-state index is 0.308. The monoisotopic (exact) mass is 307 g/mol. The Hall–Kier alpha value is -1.36. The van der Waals surface area contributed by atoms with Crippen molar-refractivity contribution in [3.05, 3.63) is 28.5 Å². The predicted octanol–water partition coefficient (Wildman–Crippen LogP) is 3.59. The van der Waals surface area contributed by atoms with Gasteiger partial charge in [-0.3, -0.25) is 0 Å². The average Bonchev–Trinajstić information content (AvgIpc) is 2.78. The van der Waals surface area contributed by atoms with Crippen molar-refractivity contribution in [1.82, 2.24) is 10.1 Å². The van der Waals surface area contributed by atoms with Gasteiger partial charge in [0.1, 0.15) is 0 Å². The van der Waals surface area contributed by atoms with Crippen molar-refractivity contribution in [3.63, 3.8) is 0 Å². The summed E-state index contributed by atoms with van der Waals surface area (Å²) in [7, 11) is 0. The average molecular weight is 308 g/mol. The second-order valence-corrected chi connectivity index (χ2v) is 6.29. The Balaban J connectivity index is 1.91. The van der Waals surface area contributed by atoms with Gasteiger partial charge in [0.15, 0.2) is 5.82 Å². The number of nitrogens with two attached hydrogens (primary N) is 1. The van der Waals surface area contributed by atoms with Gasteiger partial charge in [-0.15, -0.1) is 0 Å². The van der Waals surface area contributed by atoms with Crippen LogP contribution >= 0.6 is 15.9 Å². The van der Waals surface area contributed by atoms with Crippen LogP contribution in [0.2, 0.25) is 0 Å². The Kier molecular flexibility index (Phi) is 2.48. The number of anilines is 1. The maximum Gasteiger partial charge on any atom is 0.257 e. The molecule has 1 unspecified atom stereocenters. The highest BCUT2D eigenvalue weighted by atomic mass is 79.9. The van der Waals surface area contributed by atoms with Gasteiger partial charge in [-0.05, 0) is 46.0 Å². The van der Waals surface area contributed by atoms with Crippen molar-refractivity contribution in [2.24, 2.45) is 5.41 Å². The molecule has 1 fully saturated rings. The first-order chi connectivity index (χ1) is 8.47. The highest BCUT2D eigenvalue weighted by molar-refractivity contribution is 9.10. The molecule has 1 atom stereocenters. The Morgan fingerprint density at radius 2 is 2.17 bits per heavy atom. The SMILES string of the molecule is CC1(C)CC1c1noc(-c2ccc(N)c(Br)c2)n1. The van der Waals surface area contributed by atoms with Gasteiger partial charge in [-0.1, -0.05) is 19.0 Å². The molecule has 5 heteroatoms. The smallest absolute Gasteiger partial charge is 0.257 e. The summed E-state index contributed by atoms with van der Waals surface area (Å²) in [6.45, 7) is 4.43. The van der Waals surface area contributed by atoms with E-state index < -0.39 is 0 Å². The van der Waals surface area contributed by atoms with Crippen LogP contribution in [0.25, 0.3) is 11.5 Å². The van der Waals surface area contributed by atoms with E-state index in [4.69, 9.17) is 10.3 Å². The van der Waals surface area contributed by atoms with Crippen molar-refractivity contribution in [2.45, 2.75) is 26.2 Å². The number of hydrogen-bond acceptors (Lipinski definition) is 4. The molecular weight excluding hydrogens is 294 g/mol. The van der Waals surface area contributed by atoms with Gasteiger partial charge in [0.25, 0.3) is 5.89 Å². The Morgan fingerprint density at radius 3 is 2.78 bits per heavy atom. The predicted molar refractivity (Wildman–Crippen MR) is 73.0 cm³/mol. The van der Waals surface area contributed by atoms with E-state index in [0.717, 1.165) is 22.3 Å². The van der Waals surface area contributed by atoms with Crippen LogP contribution in [0, 0.1) is 5.41 Å². The van der Waals surface area contributed by atoms with Crippen LogP contribution in [-0.4, -0.2) is 10.1 Å². The van der Waals surface area contributed by atoms with Crippen LogP contribution in [0.3, 0.4) is 0 Å². The highest BCUT2D eigenvalue weighted by Crippen LogP contribution is 2.57. The van der Waals surface area contributed by atoms with Crippen molar-refractivity contribution < 1.29 is 4.52 Å². The molecule has 0 bridgehead atoms. The minimum absolute atomic E-state index is 0.308. The first kappa shape index (κ1) is 11.7. The molecule has 1 aromatic heterocycles. The largest absolute Gasteiger partial charge is 0.398 e. The molecule has 0 saturated heterocycles. The Morgan fingerprint density at radius 1 is 1.44 bits per heavy atom. The second kappa shape index (κ2) is 3.82. The molecule has 4 nitrogen and oxygen atoms in total. The van der Waals surface area contributed by atoms with Gasteiger partial charge in [0.2, 0.25) is 0 Å². The van der Waals surface area contributed by atoms with Crippen molar-refractivity contribution >= 4 is 21.6 Å². The molecule has 0 amide bonds. The molecule has 94 valence electrons. The number of nitrogen functional groups attached to an aromatic ring is 1. The van der Waals surface area contributed by atoms with Gasteiger partial charge in [-0.2, -0.15) is 4.98 Å². The van der Waals surface area contributed by atoms with Crippen LogP contribution < -0.4 is 5.73 Å². The normalized spacial score (nSPS) is 20.9. The first-order valence-electron chi connectivity index (χ1n) is 5.86. The third kappa shape index (κ3) is 1.92. The number of halogens is 1. The molecule has 3 rings (SSSR count). The fraction of sp³-hybridized carbons (Fsp3) is 0.385. The molecule has 0 aliphatic heterocycles. The van der Waals surface area contributed by atoms with Gasteiger partial charge < -0.3 is 10.3 Å². The Labute approximate surface area is 114 Å². The molecular formula is C13H14BrN3O. The number of rotatable bonds is 2. The highest BCUT2D eigenvalue weighted by Gasteiger charge is 2.49. The maximum atomic E-state index is 5.75. The quantitative estimate of drug-likeness (QED) is 0.861. The standard InChI is InChI=1S/C13H14BrN3O/c1-13(2)6-8(13)11-16-12(18-17-11)7-3-4-10(15)9(14)5-7/h3-5,8H,6,15H2,1-2H3. The first-order valence-corrected chi connectivity index (χ1v) is 6.66. The van der Waals surface area contributed by atoms with Crippen molar-refractivity contribution in [1.29, 1.82) is 0 Å². The van der Waals surface area contributed by atoms with Gasteiger partial charge in [0.05, 0.1) is 0 Å². The van der Waals surface area contributed by atoms with Crippen LogP contribution in [0.1, 0.15) is 32.0 Å². The third-order valence-corrected chi connectivity index (χ3v) is 4.20. The summed E-state index contributed by atoms with van der Waals surface area (Å²) in [6.07, 6.45) is 1.12. The third-order valence-electron chi connectivity index (χ3n) is 3.51. The summed E-state index contributed by atoms with van der Waals surface area (Å²) < 4.78 is 6.16. The van der Waals surface area contributed by atoms with Gasteiger partial charge in [0, 0.05) is 21.6 Å². The fourth-order valence-corrected chi connectivity index (χ4v) is 2.44. The summed E-state index contributed by atoms with van der Waals surface area (Å²) in [5.41, 5.74) is 7.64. The molecule has 0 radical (unpaired) electrons. The van der Waals surface area contributed by atoms with Crippen LogP contribution in [0.4, 0.5) is 5.69 Å². The minimum Gasteiger partial charge on any atom is -0.398 e. The molecule has 1 aliphatic rings. The van der Waals surface area contributed by atoms with E-state index in [1.54, 1.807) is 0 Å². The lowest BCUT2D eigenvalue weighted by Gasteiger charge is -1.99. The van der Waals surface area contributed by atoms with Crippen molar-refractivity contribution in [2.75, 3.05) is 5.73 Å². The van der Waals surface area contributed by atoms with E-state index in [0.29, 0.717) is 22.9 Å². The summed E-state index contributed by atoms with van der Waals surface area (Å²) in [5.74, 6) is 1.78. The van der Waals surface area contributed by atoms with E-state index in [2.05, 4.69) is 39.9 Å². The van der Waals surface area contributed by atoms with E-state index >= 15 is 0 Å². The number of hydrogen-bond donors (Lipinski definition) is 1. The van der Waals surface area contributed by atoms with Crippen molar-refractivity contribution in [3.8, 4) is 11.5 Å². The molecule has 1 aromatic carbocycles. The maximum absolute atomic E-state index is 5.75. The number of benzene rings is 1. The molecule has 2 N–H and O–H groups in total. The zero-order valence-electron chi connectivity index (χ0n) is 10.3. The Bertz CT molecular complexity index is 606. The lowest BCUT2D eigenvalue weighted by molar-refractivity contribution is 0.419. The van der Waals surface area contributed by atoms with Crippen LogP contribution in [0.15, 0.2) is 27.2 Å². The fourth-order valence-electron chi connectivity index (χ4n) is 2.06. The summed E-state index contributed by atoms with van der Waals surface area (Å²) in [6, 6.07) is 5.60. The molecule has 1 saturated carbocycles. The zero-order valence-corrected chi connectivity index (χ0v) is 11.9. The van der Waals surface area contributed by atoms with E-state index in [-0.39, 0.29) is 0 Å². The number of aromatic nitrogens is 2. The number of nitrogens with zero attached hydrogens (tertiary/aromatic N) is 2. The van der Waals surface area contributed by atoms with E-state index in [1.165, 1.54) is 0 Å². The van der Waals surface area contributed by atoms with Crippen LogP contribution in [0.5, 0.6) is 0 Å². The second-order valence-electron chi connectivity index (χ2n) is 5.44. The lowest BCUT2D eigenvalue weighted by atomic mass is 10.1. The molecule has 2 aromatic rings. The lowest BCUT2D eigenvalue weighted by Crippen LogP contribution is -1.92. The van der Waals surface area contributed by atoms with E-state index in [9.17, 15) is 0 Å². The molecule has 1 heterocycles. The van der Waals surface area contributed by atoms with E-state index in [1.807, 2.05) is 18.2 Å². The van der Waals surface area contributed by atoms with Gasteiger partial charge in [-0.25, -0.2) is 0 Å². The summed E-state index contributed by atoms with van der Waals surface area (Å²) in [5, 5.41) is 4.07. The molecule has 1 aliphatic carbocycles. The van der Waals surface area contributed by atoms with Crippen LogP contribution in [-0.2, 0) is 0 Å². The molecule has 18 heavy (non-hydrogen) atoms. The summed E-state index contributed by atoms with van der Waals surface area (Å²) in [4.78, 5) is 4.47. The molecule has 0 spiro atoms. The van der Waals surface area contributed by atoms with Gasteiger partial charge >= 0.3 is 0 Å². The zero-order chi connectivity index (χ0) is 12.9. The summed E-state index contributed by atoms with van der Waals surface area (Å²) >= 11 is 3.39.